The fraction of sp³-hybridized carbons (Fsp3) is 0.625. The van der Waals surface area contributed by atoms with Gasteiger partial charge in [-0.25, -0.2) is 0 Å². The van der Waals surface area contributed by atoms with Gasteiger partial charge in [-0.15, -0.1) is 0 Å². The highest BCUT2D eigenvalue weighted by atomic mass is 16.5. The van der Waals surface area contributed by atoms with Gasteiger partial charge in [0, 0.05) is 29.9 Å². The molecule has 19 heavy (non-hydrogen) atoms. The smallest absolute Gasteiger partial charge is 0.125 e. The van der Waals surface area contributed by atoms with Crippen molar-refractivity contribution < 1.29 is 4.74 Å². The number of piperidine rings is 1. The summed E-state index contributed by atoms with van der Waals surface area (Å²) >= 11 is 0. The molecule has 1 aromatic carbocycles. The summed E-state index contributed by atoms with van der Waals surface area (Å²) in [6.07, 6.45) is 3.91. The molecule has 1 N–H and O–H groups in total. The van der Waals surface area contributed by atoms with Crippen LogP contribution in [-0.2, 0) is 0 Å². The molecule has 1 aliphatic heterocycles. The summed E-state index contributed by atoms with van der Waals surface area (Å²) in [4.78, 5) is 2.54. The van der Waals surface area contributed by atoms with Crippen LogP contribution in [0, 0.1) is 0 Å². The molecule has 0 aromatic heterocycles. The maximum absolute atomic E-state index is 5.57. The number of rotatable bonds is 4. The van der Waals surface area contributed by atoms with E-state index >= 15 is 0 Å². The van der Waals surface area contributed by atoms with E-state index in [1.54, 1.807) is 7.11 Å². The first-order valence-corrected chi connectivity index (χ1v) is 7.29. The summed E-state index contributed by atoms with van der Waals surface area (Å²) < 4.78 is 5.57. The van der Waals surface area contributed by atoms with Crippen LogP contribution in [0.1, 0.15) is 44.7 Å². The van der Waals surface area contributed by atoms with E-state index < -0.39 is 0 Å². The highest BCUT2D eigenvalue weighted by molar-refractivity contribution is 5.61. The second kappa shape index (κ2) is 6.29. The van der Waals surface area contributed by atoms with E-state index in [-0.39, 0.29) is 0 Å². The van der Waals surface area contributed by atoms with Crippen molar-refractivity contribution in [2.75, 3.05) is 25.6 Å². The predicted octanol–water partition coefficient (Wildman–Crippen LogP) is 3.35. The normalized spacial score (nSPS) is 21.3. The number of hydrogen-bond donors (Lipinski definition) is 1. The van der Waals surface area contributed by atoms with E-state index in [1.165, 1.54) is 30.5 Å². The van der Waals surface area contributed by atoms with E-state index in [4.69, 9.17) is 4.74 Å². The lowest BCUT2D eigenvalue weighted by atomic mass is 9.98. The number of ether oxygens (including phenoxy) is 1. The summed E-state index contributed by atoms with van der Waals surface area (Å²) in [7, 11) is 3.76. The third-order valence-corrected chi connectivity index (χ3v) is 4.24. The molecule has 0 spiro atoms. The fourth-order valence-corrected chi connectivity index (χ4v) is 3.00. The molecule has 0 saturated carbocycles. The van der Waals surface area contributed by atoms with Crippen molar-refractivity contribution in [3.05, 3.63) is 23.8 Å². The van der Waals surface area contributed by atoms with Crippen molar-refractivity contribution in [1.29, 1.82) is 0 Å². The Balaban J connectivity index is 2.43. The molecule has 2 rings (SSSR count). The molecule has 0 radical (unpaired) electrons. The van der Waals surface area contributed by atoms with Crippen LogP contribution in [0.25, 0.3) is 0 Å². The molecule has 106 valence electrons. The minimum absolute atomic E-state index is 0.292. The number of nitrogens with one attached hydrogen (secondary N) is 1. The van der Waals surface area contributed by atoms with Gasteiger partial charge in [-0.05, 0) is 52.3 Å². The van der Waals surface area contributed by atoms with Crippen LogP contribution in [0.4, 0.5) is 5.69 Å². The standard InChI is InChI=1S/C16H26N2O/c1-12-8-5-6-11-18(12)14-9-7-10-15(19-4)16(14)13(2)17-3/h7,9-10,12-13,17H,5-6,8,11H2,1-4H3. The average molecular weight is 262 g/mol. The Morgan fingerprint density at radius 1 is 1.37 bits per heavy atom. The Hall–Kier alpha value is -1.22. The van der Waals surface area contributed by atoms with E-state index in [1.807, 2.05) is 7.05 Å². The quantitative estimate of drug-likeness (QED) is 0.900. The van der Waals surface area contributed by atoms with Gasteiger partial charge in [0.05, 0.1) is 7.11 Å². The molecule has 1 aromatic rings. The average Bonchev–Trinajstić information content (AvgIpc) is 2.46. The largest absolute Gasteiger partial charge is 0.496 e. The van der Waals surface area contributed by atoms with Gasteiger partial charge in [-0.2, -0.15) is 0 Å². The Labute approximate surface area is 116 Å². The minimum atomic E-state index is 0.292. The topological polar surface area (TPSA) is 24.5 Å². The Morgan fingerprint density at radius 3 is 2.79 bits per heavy atom. The van der Waals surface area contributed by atoms with Crippen molar-refractivity contribution >= 4 is 5.69 Å². The second-order valence-electron chi connectivity index (χ2n) is 5.44. The third-order valence-electron chi connectivity index (χ3n) is 4.24. The maximum atomic E-state index is 5.57. The van der Waals surface area contributed by atoms with Crippen LogP contribution in [0.2, 0.25) is 0 Å². The van der Waals surface area contributed by atoms with E-state index in [2.05, 4.69) is 42.3 Å². The first kappa shape index (κ1) is 14.2. The Bertz CT molecular complexity index is 419. The van der Waals surface area contributed by atoms with Gasteiger partial charge in [0.1, 0.15) is 5.75 Å². The highest BCUT2D eigenvalue weighted by Gasteiger charge is 2.24. The van der Waals surface area contributed by atoms with Crippen LogP contribution in [-0.4, -0.2) is 26.7 Å². The van der Waals surface area contributed by atoms with Gasteiger partial charge in [0.25, 0.3) is 0 Å². The van der Waals surface area contributed by atoms with Gasteiger partial charge in [-0.1, -0.05) is 6.07 Å². The Kier molecular flexibility index (Phi) is 4.70. The van der Waals surface area contributed by atoms with Gasteiger partial charge < -0.3 is 15.0 Å². The lowest BCUT2D eigenvalue weighted by Crippen LogP contribution is -2.38. The monoisotopic (exact) mass is 262 g/mol. The van der Waals surface area contributed by atoms with E-state index in [0.29, 0.717) is 12.1 Å². The van der Waals surface area contributed by atoms with Crippen molar-refractivity contribution in [1.82, 2.24) is 5.32 Å². The number of anilines is 1. The number of methoxy groups -OCH3 is 1. The van der Waals surface area contributed by atoms with E-state index in [0.717, 1.165) is 12.3 Å². The molecule has 0 bridgehead atoms. The lowest BCUT2D eigenvalue weighted by Gasteiger charge is -2.37. The molecule has 3 nitrogen and oxygen atoms in total. The van der Waals surface area contributed by atoms with Crippen LogP contribution in [0.15, 0.2) is 18.2 Å². The molecular formula is C16H26N2O. The van der Waals surface area contributed by atoms with Gasteiger partial charge >= 0.3 is 0 Å². The molecule has 2 atom stereocenters. The fourth-order valence-electron chi connectivity index (χ4n) is 3.00. The van der Waals surface area contributed by atoms with E-state index in [9.17, 15) is 0 Å². The molecule has 3 heteroatoms. The zero-order valence-corrected chi connectivity index (χ0v) is 12.6. The summed E-state index contributed by atoms with van der Waals surface area (Å²) in [6.45, 7) is 5.67. The first-order chi connectivity index (χ1) is 9.19. The maximum Gasteiger partial charge on any atom is 0.125 e. The van der Waals surface area contributed by atoms with Crippen molar-refractivity contribution in [3.63, 3.8) is 0 Å². The summed E-state index contributed by atoms with van der Waals surface area (Å²) in [5.74, 6) is 0.983. The summed E-state index contributed by atoms with van der Waals surface area (Å²) in [5.41, 5.74) is 2.61. The number of hydrogen-bond acceptors (Lipinski definition) is 3. The van der Waals surface area contributed by atoms with Crippen molar-refractivity contribution in [2.45, 2.75) is 45.2 Å². The van der Waals surface area contributed by atoms with Crippen molar-refractivity contribution in [2.24, 2.45) is 0 Å². The molecule has 0 aliphatic carbocycles. The van der Waals surface area contributed by atoms with Gasteiger partial charge in [0.2, 0.25) is 0 Å². The molecule has 1 saturated heterocycles. The van der Waals surface area contributed by atoms with Crippen LogP contribution < -0.4 is 15.0 Å². The predicted molar refractivity (Wildman–Crippen MR) is 81.1 cm³/mol. The second-order valence-corrected chi connectivity index (χ2v) is 5.44. The molecule has 1 heterocycles. The number of benzene rings is 1. The molecular weight excluding hydrogens is 236 g/mol. The van der Waals surface area contributed by atoms with Crippen LogP contribution in [0.5, 0.6) is 5.75 Å². The van der Waals surface area contributed by atoms with Gasteiger partial charge in [0.15, 0.2) is 0 Å². The van der Waals surface area contributed by atoms with Gasteiger partial charge in [-0.3, -0.25) is 0 Å². The van der Waals surface area contributed by atoms with Crippen LogP contribution >= 0.6 is 0 Å². The van der Waals surface area contributed by atoms with Crippen molar-refractivity contribution in [3.8, 4) is 5.75 Å². The SMILES string of the molecule is CNC(C)c1c(OC)cccc1N1CCCCC1C. The zero-order valence-electron chi connectivity index (χ0n) is 12.6. The Morgan fingerprint density at radius 2 is 2.16 bits per heavy atom. The zero-order chi connectivity index (χ0) is 13.8. The highest BCUT2D eigenvalue weighted by Crippen LogP contribution is 2.37. The molecule has 0 amide bonds. The third kappa shape index (κ3) is 2.86. The molecule has 2 unspecified atom stereocenters. The minimum Gasteiger partial charge on any atom is -0.496 e. The van der Waals surface area contributed by atoms with Crippen LogP contribution in [0.3, 0.4) is 0 Å². The molecule has 1 fully saturated rings. The first-order valence-electron chi connectivity index (χ1n) is 7.29. The number of nitrogens with zero attached hydrogens (tertiary/aromatic N) is 1. The molecule has 1 aliphatic rings. The summed E-state index contributed by atoms with van der Waals surface area (Å²) in [5, 5.41) is 3.34. The lowest BCUT2D eigenvalue weighted by molar-refractivity contribution is 0.402. The summed E-state index contributed by atoms with van der Waals surface area (Å²) in [6, 6.07) is 7.29.